The minimum absolute atomic E-state index is 0.842. The van der Waals surface area contributed by atoms with Crippen LogP contribution in [0.25, 0.3) is 0 Å². The molecule has 0 aromatic carbocycles. The molecule has 2 saturated carbocycles. The van der Waals surface area contributed by atoms with Gasteiger partial charge in [0.05, 0.1) is 0 Å². The van der Waals surface area contributed by atoms with Gasteiger partial charge in [-0.2, -0.15) is 0 Å². The second kappa shape index (κ2) is 6.61. The topological polar surface area (TPSA) is 21.3 Å². The Balaban J connectivity index is 1.43. The van der Waals surface area contributed by atoms with Crippen LogP contribution in [0.1, 0.15) is 51.9 Å². The van der Waals surface area contributed by atoms with Crippen molar-refractivity contribution in [1.29, 1.82) is 0 Å². The van der Waals surface area contributed by atoms with Crippen LogP contribution in [0.15, 0.2) is 0 Å². The first-order valence-electron chi connectivity index (χ1n) is 7.21. The van der Waals surface area contributed by atoms with Crippen molar-refractivity contribution in [1.82, 2.24) is 5.32 Å². The summed E-state index contributed by atoms with van der Waals surface area (Å²) < 4.78 is 5.56. The number of unbranched alkanes of at least 4 members (excludes halogenated alkanes) is 1. The third kappa shape index (κ3) is 3.46. The zero-order valence-electron chi connectivity index (χ0n) is 10.7. The Bertz CT molecular complexity index is 195. The Kier molecular flexibility index (Phi) is 5.11. The van der Waals surface area contributed by atoms with Crippen LogP contribution >= 0.6 is 0 Å². The first kappa shape index (κ1) is 12.4. The molecule has 2 bridgehead atoms. The molecule has 2 nitrogen and oxygen atoms in total. The van der Waals surface area contributed by atoms with E-state index in [1.54, 1.807) is 0 Å². The zero-order valence-corrected chi connectivity index (χ0v) is 10.7. The summed E-state index contributed by atoms with van der Waals surface area (Å²) in [7, 11) is 0. The second-order valence-corrected chi connectivity index (χ2v) is 5.55. The molecule has 0 spiro atoms. The molecule has 2 heteroatoms. The average Bonchev–Trinajstić information content (AvgIpc) is 2.90. The molecule has 0 aromatic rings. The first-order valence-corrected chi connectivity index (χ1v) is 7.21. The molecule has 0 radical (unpaired) electrons. The highest BCUT2D eigenvalue weighted by Crippen LogP contribution is 2.44. The molecule has 3 unspecified atom stereocenters. The van der Waals surface area contributed by atoms with Crippen molar-refractivity contribution in [3.05, 3.63) is 0 Å². The lowest BCUT2D eigenvalue weighted by Gasteiger charge is -2.22. The molecule has 2 rings (SSSR count). The van der Waals surface area contributed by atoms with Gasteiger partial charge < -0.3 is 10.1 Å². The predicted molar refractivity (Wildman–Crippen MR) is 67.6 cm³/mol. The molecular formula is C14H27NO. The van der Waals surface area contributed by atoms with Crippen molar-refractivity contribution in [2.24, 2.45) is 11.8 Å². The van der Waals surface area contributed by atoms with Crippen molar-refractivity contribution >= 4 is 0 Å². The Labute approximate surface area is 100 Å². The molecule has 0 heterocycles. The van der Waals surface area contributed by atoms with E-state index in [9.17, 15) is 0 Å². The molecule has 0 amide bonds. The molecule has 2 aliphatic carbocycles. The predicted octanol–water partition coefficient (Wildman–Crippen LogP) is 2.97. The largest absolute Gasteiger partial charge is 0.381 e. The average molecular weight is 225 g/mol. The van der Waals surface area contributed by atoms with Crippen LogP contribution in [0.4, 0.5) is 0 Å². The van der Waals surface area contributed by atoms with Crippen molar-refractivity contribution in [3.63, 3.8) is 0 Å². The summed E-state index contributed by atoms with van der Waals surface area (Å²) >= 11 is 0. The van der Waals surface area contributed by atoms with Crippen molar-refractivity contribution in [2.45, 2.75) is 57.9 Å². The summed E-state index contributed by atoms with van der Waals surface area (Å²) in [5, 5.41) is 3.72. The number of rotatable bonds is 8. The van der Waals surface area contributed by atoms with E-state index >= 15 is 0 Å². The Morgan fingerprint density at radius 1 is 1.12 bits per heavy atom. The monoisotopic (exact) mass is 225 g/mol. The van der Waals surface area contributed by atoms with Gasteiger partial charge in [0.25, 0.3) is 0 Å². The Hall–Kier alpha value is -0.0800. The second-order valence-electron chi connectivity index (χ2n) is 5.55. The molecule has 0 aliphatic heterocycles. The minimum Gasteiger partial charge on any atom is -0.381 e. The van der Waals surface area contributed by atoms with E-state index < -0.39 is 0 Å². The lowest BCUT2D eigenvalue weighted by molar-refractivity contribution is 0.127. The first-order chi connectivity index (χ1) is 7.90. The lowest BCUT2D eigenvalue weighted by Crippen LogP contribution is -2.34. The maximum absolute atomic E-state index is 5.56. The molecule has 0 aromatic heterocycles. The molecule has 1 N–H and O–H groups in total. The quantitative estimate of drug-likeness (QED) is 0.641. The highest BCUT2D eigenvalue weighted by atomic mass is 16.5. The summed E-state index contributed by atoms with van der Waals surface area (Å²) in [6, 6.07) is 0.842. The van der Waals surface area contributed by atoms with Gasteiger partial charge in [-0.25, -0.2) is 0 Å². The van der Waals surface area contributed by atoms with Gasteiger partial charge in [0.1, 0.15) is 0 Å². The van der Waals surface area contributed by atoms with E-state index in [-0.39, 0.29) is 0 Å². The SMILES string of the molecule is CCCCOCCCNC1CC2CCC1C2. The fourth-order valence-corrected chi connectivity index (χ4v) is 3.30. The van der Waals surface area contributed by atoms with Gasteiger partial charge in [-0.15, -0.1) is 0 Å². The smallest absolute Gasteiger partial charge is 0.0478 e. The summed E-state index contributed by atoms with van der Waals surface area (Å²) in [5.74, 6) is 2.06. The minimum atomic E-state index is 0.842. The van der Waals surface area contributed by atoms with Gasteiger partial charge in [0.15, 0.2) is 0 Å². The zero-order chi connectivity index (χ0) is 11.2. The van der Waals surface area contributed by atoms with Gasteiger partial charge in [-0.05, 0) is 50.5 Å². The molecule has 16 heavy (non-hydrogen) atoms. The molecule has 3 atom stereocenters. The van der Waals surface area contributed by atoms with Crippen LogP contribution in [0.2, 0.25) is 0 Å². The van der Waals surface area contributed by atoms with E-state index in [0.29, 0.717) is 0 Å². The van der Waals surface area contributed by atoms with Crippen LogP contribution < -0.4 is 5.32 Å². The van der Waals surface area contributed by atoms with E-state index in [1.165, 1.54) is 44.9 Å². The molecular weight excluding hydrogens is 198 g/mol. The number of ether oxygens (including phenoxy) is 1. The number of nitrogens with one attached hydrogen (secondary N) is 1. The van der Waals surface area contributed by atoms with Gasteiger partial charge in [0, 0.05) is 19.3 Å². The summed E-state index contributed by atoms with van der Waals surface area (Å²) in [5.41, 5.74) is 0. The summed E-state index contributed by atoms with van der Waals surface area (Å²) in [4.78, 5) is 0. The van der Waals surface area contributed by atoms with Crippen molar-refractivity contribution < 1.29 is 4.74 Å². The molecule has 2 fully saturated rings. The third-order valence-corrected chi connectivity index (χ3v) is 4.25. The normalized spacial score (nSPS) is 32.4. The highest BCUT2D eigenvalue weighted by Gasteiger charge is 2.38. The lowest BCUT2D eigenvalue weighted by atomic mass is 9.95. The summed E-state index contributed by atoms with van der Waals surface area (Å²) in [6.45, 7) is 5.25. The fourth-order valence-electron chi connectivity index (χ4n) is 3.30. The molecule has 94 valence electrons. The summed E-state index contributed by atoms with van der Waals surface area (Å²) in [6.07, 6.45) is 9.56. The van der Waals surface area contributed by atoms with Crippen LogP contribution in [-0.2, 0) is 4.74 Å². The van der Waals surface area contributed by atoms with Crippen LogP contribution in [0, 0.1) is 11.8 Å². The van der Waals surface area contributed by atoms with E-state index in [2.05, 4.69) is 12.2 Å². The van der Waals surface area contributed by atoms with Crippen molar-refractivity contribution in [2.75, 3.05) is 19.8 Å². The van der Waals surface area contributed by atoms with Gasteiger partial charge >= 0.3 is 0 Å². The van der Waals surface area contributed by atoms with E-state index in [1.807, 2.05) is 0 Å². The van der Waals surface area contributed by atoms with Crippen LogP contribution in [0.3, 0.4) is 0 Å². The Morgan fingerprint density at radius 2 is 2.00 bits per heavy atom. The molecule has 0 saturated heterocycles. The van der Waals surface area contributed by atoms with Crippen LogP contribution in [0.5, 0.6) is 0 Å². The Morgan fingerprint density at radius 3 is 2.69 bits per heavy atom. The maximum atomic E-state index is 5.56. The van der Waals surface area contributed by atoms with Gasteiger partial charge in [0.2, 0.25) is 0 Å². The van der Waals surface area contributed by atoms with Gasteiger partial charge in [-0.3, -0.25) is 0 Å². The number of hydrogen-bond donors (Lipinski definition) is 1. The third-order valence-electron chi connectivity index (χ3n) is 4.25. The molecule has 2 aliphatic rings. The highest BCUT2D eigenvalue weighted by molar-refractivity contribution is 4.93. The van der Waals surface area contributed by atoms with Crippen LogP contribution in [-0.4, -0.2) is 25.8 Å². The van der Waals surface area contributed by atoms with E-state index in [0.717, 1.165) is 37.6 Å². The van der Waals surface area contributed by atoms with E-state index in [4.69, 9.17) is 4.74 Å². The standard InChI is InChI=1S/C14H27NO/c1-2-3-8-16-9-4-7-15-14-11-12-5-6-13(14)10-12/h12-15H,2-11H2,1H3. The van der Waals surface area contributed by atoms with Crippen molar-refractivity contribution in [3.8, 4) is 0 Å². The number of fused-ring (bicyclic) bond motifs is 2. The maximum Gasteiger partial charge on any atom is 0.0478 e. The fraction of sp³-hybridized carbons (Fsp3) is 1.00. The number of hydrogen-bond acceptors (Lipinski definition) is 2. The van der Waals surface area contributed by atoms with Gasteiger partial charge in [-0.1, -0.05) is 19.8 Å².